The Hall–Kier alpha value is -0.580. The van der Waals surface area contributed by atoms with Gasteiger partial charge >= 0.3 is 0 Å². The maximum absolute atomic E-state index is 9.53. The second-order valence-electron chi connectivity index (χ2n) is 5.19. The molecule has 4 nitrogen and oxygen atoms in total. The molecule has 15 heavy (non-hydrogen) atoms. The number of hydrogen-bond donors (Lipinski definition) is 3. The highest BCUT2D eigenvalue weighted by atomic mass is 16.5. The van der Waals surface area contributed by atoms with Crippen molar-refractivity contribution in [3.8, 4) is 0 Å². The molecule has 0 amide bonds. The van der Waals surface area contributed by atoms with Crippen molar-refractivity contribution in [2.75, 3.05) is 6.61 Å². The fourth-order valence-electron chi connectivity index (χ4n) is 1.58. The topological polar surface area (TPSA) is 69.9 Å². The van der Waals surface area contributed by atoms with E-state index < -0.39 is 18.3 Å². The summed E-state index contributed by atoms with van der Waals surface area (Å²) >= 11 is 0. The van der Waals surface area contributed by atoms with Crippen LogP contribution in [0.15, 0.2) is 11.8 Å². The minimum atomic E-state index is -1.04. The third-order valence-corrected chi connectivity index (χ3v) is 2.27. The molecular formula is C11H20O4. The normalized spacial score (nSPS) is 32.1. The summed E-state index contributed by atoms with van der Waals surface area (Å²) in [5.74, 6) is 0.638. The molecule has 0 aromatic carbocycles. The lowest BCUT2D eigenvalue weighted by molar-refractivity contribution is -0.0947. The SMILES string of the molecule is CC(C)(C)CC1=C[C@@H](O)[C@H](O)[C@@H](CO)O1. The number of rotatable bonds is 2. The zero-order valence-electron chi connectivity index (χ0n) is 9.47. The lowest BCUT2D eigenvalue weighted by atomic mass is 9.89. The van der Waals surface area contributed by atoms with Crippen molar-refractivity contribution in [2.45, 2.75) is 45.5 Å². The molecule has 4 heteroatoms. The van der Waals surface area contributed by atoms with Crippen LogP contribution in [0.3, 0.4) is 0 Å². The summed E-state index contributed by atoms with van der Waals surface area (Å²) in [5.41, 5.74) is 0.0495. The molecule has 3 N–H and O–H groups in total. The molecule has 1 aliphatic rings. The van der Waals surface area contributed by atoms with E-state index in [-0.39, 0.29) is 12.0 Å². The number of aliphatic hydroxyl groups excluding tert-OH is 3. The molecule has 0 saturated heterocycles. The van der Waals surface area contributed by atoms with E-state index in [0.717, 1.165) is 0 Å². The van der Waals surface area contributed by atoms with Crippen molar-refractivity contribution in [3.63, 3.8) is 0 Å². The van der Waals surface area contributed by atoms with Crippen molar-refractivity contribution in [1.82, 2.24) is 0 Å². The van der Waals surface area contributed by atoms with Crippen LogP contribution >= 0.6 is 0 Å². The summed E-state index contributed by atoms with van der Waals surface area (Å²) < 4.78 is 5.40. The highest BCUT2D eigenvalue weighted by Gasteiger charge is 2.32. The third-order valence-electron chi connectivity index (χ3n) is 2.27. The van der Waals surface area contributed by atoms with E-state index in [1.54, 1.807) is 0 Å². The van der Waals surface area contributed by atoms with Gasteiger partial charge in [0.2, 0.25) is 0 Å². The highest BCUT2D eigenvalue weighted by Crippen LogP contribution is 2.29. The van der Waals surface area contributed by atoms with Crippen LogP contribution in [-0.4, -0.2) is 40.2 Å². The molecule has 0 aromatic rings. The molecule has 0 aliphatic carbocycles. The minimum Gasteiger partial charge on any atom is -0.490 e. The van der Waals surface area contributed by atoms with Crippen LogP contribution in [-0.2, 0) is 4.74 Å². The number of hydrogen-bond acceptors (Lipinski definition) is 4. The summed E-state index contributed by atoms with van der Waals surface area (Å²) in [6.45, 7) is 5.88. The van der Waals surface area contributed by atoms with Crippen LogP contribution < -0.4 is 0 Å². The van der Waals surface area contributed by atoms with Gasteiger partial charge < -0.3 is 20.1 Å². The van der Waals surface area contributed by atoms with E-state index in [1.807, 2.05) is 0 Å². The average molecular weight is 216 g/mol. The second-order valence-corrected chi connectivity index (χ2v) is 5.19. The quantitative estimate of drug-likeness (QED) is 0.625. The van der Waals surface area contributed by atoms with Gasteiger partial charge in [-0.3, -0.25) is 0 Å². The molecule has 0 radical (unpaired) electrons. The number of ether oxygens (including phenoxy) is 1. The Bertz CT molecular complexity index is 241. The number of allylic oxidation sites excluding steroid dienone is 1. The molecule has 0 fully saturated rings. The molecule has 1 rings (SSSR count). The van der Waals surface area contributed by atoms with Crippen molar-refractivity contribution in [3.05, 3.63) is 11.8 Å². The Balaban J connectivity index is 2.71. The van der Waals surface area contributed by atoms with Crippen molar-refractivity contribution >= 4 is 0 Å². The van der Waals surface area contributed by atoms with E-state index in [9.17, 15) is 10.2 Å². The maximum Gasteiger partial charge on any atom is 0.150 e. The van der Waals surface area contributed by atoms with Crippen molar-refractivity contribution in [2.24, 2.45) is 5.41 Å². The summed E-state index contributed by atoms with van der Waals surface area (Å²) in [7, 11) is 0. The van der Waals surface area contributed by atoms with Crippen molar-refractivity contribution in [1.29, 1.82) is 0 Å². The fraction of sp³-hybridized carbons (Fsp3) is 0.818. The van der Waals surface area contributed by atoms with Gasteiger partial charge in [-0.1, -0.05) is 20.8 Å². The lowest BCUT2D eigenvalue weighted by Gasteiger charge is -2.33. The average Bonchev–Trinajstić information content (AvgIpc) is 2.08. The first-order valence-corrected chi connectivity index (χ1v) is 5.18. The lowest BCUT2D eigenvalue weighted by Crippen LogP contribution is -2.44. The smallest absolute Gasteiger partial charge is 0.150 e. The molecule has 0 unspecified atom stereocenters. The Morgan fingerprint density at radius 1 is 1.33 bits per heavy atom. The van der Waals surface area contributed by atoms with Gasteiger partial charge in [-0.05, 0) is 11.5 Å². The Morgan fingerprint density at radius 2 is 1.93 bits per heavy atom. The van der Waals surface area contributed by atoms with Crippen LogP contribution in [0.1, 0.15) is 27.2 Å². The Labute approximate surface area is 90.2 Å². The molecular weight excluding hydrogens is 196 g/mol. The van der Waals surface area contributed by atoms with E-state index in [1.165, 1.54) is 6.08 Å². The van der Waals surface area contributed by atoms with Gasteiger partial charge in [0, 0.05) is 6.42 Å². The second kappa shape index (κ2) is 4.51. The predicted octanol–water partition coefficient (Wildman–Crippen LogP) is 0.419. The molecule has 0 spiro atoms. The van der Waals surface area contributed by atoms with E-state index in [4.69, 9.17) is 9.84 Å². The zero-order chi connectivity index (χ0) is 11.6. The molecule has 0 saturated carbocycles. The van der Waals surface area contributed by atoms with Gasteiger partial charge in [0.1, 0.15) is 18.3 Å². The van der Waals surface area contributed by atoms with Gasteiger partial charge in [0.05, 0.1) is 12.4 Å². The first-order valence-electron chi connectivity index (χ1n) is 5.18. The van der Waals surface area contributed by atoms with Gasteiger partial charge in [-0.2, -0.15) is 0 Å². The molecule has 1 aliphatic heterocycles. The zero-order valence-corrected chi connectivity index (χ0v) is 9.47. The van der Waals surface area contributed by atoms with Gasteiger partial charge in [-0.15, -0.1) is 0 Å². The largest absolute Gasteiger partial charge is 0.490 e. The van der Waals surface area contributed by atoms with Gasteiger partial charge in [0.15, 0.2) is 0 Å². The third kappa shape index (κ3) is 3.48. The van der Waals surface area contributed by atoms with Crippen LogP contribution in [0.25, 0.3) is 0 Å². The highest BCUT2D eigenvalue weighted by molar-refractivity contribution is 5.08. The van der Waals surface area contributed by atoms with E-state index in [0.29, 0.717) is 12.2 Å². The Morgan fingerprint density at radius 3 is 2.40 bits per heavy atom. The molecule has 88 valence electrons. The monoisotopic (exact) mass is 216 g/mol. The summed E-state index contributed by atoms with van der Waals surface area (Å²) in [6.07, 6.45) is -0.524. The molecule has 0 aromatic heterocycles. The molecule has 0 bridgehead atoms. The minimum absolute atomic E-state index is 0.0495. The maximum atomic E-state index is 9.53. The first-order chi connectivity index (χ1) is 6.83. The van der Waals surface area contributed by atoms with Gasteiger partial charge in [0.25, 0.3) is 0 Å². The van der Waals surface area contributed by atoms with Gasteiger partial charge in [-0.25, -0.2) is 0 Å². The van der Waals surface area contributed by atoms with E-state index >= 15 is 0 Å². The van der Waals surface area contributed by atoms with Crippen LogP contribution in [0.4, 0.5) is 0 Å². The van der Waals surface area contributed by atoms with Crippen LogP contribution in [0, 0.1) is 5.41 Å². The predicted molar refractivity (Wildman–Crippen MR) is 56.1 cm³/mol. The summed E-state index contributed by atoms with van der Waals surface area (Å²) in [5, 5.41) is 28.0. The number of aliphatic hydroxyl groups is 3. The van der Waals surface area contributed by atoms with Crippen molar-refractivity contribution < 1.29 is 20.1 Å². The Kier molecular flexibility index (Phi) is 3.76. The van der Waals surface area contributed by atoms with Crippen LogP contribution in [0.5, 0.6) is 0 Å². The van der Waals surface area contributed by atoms with Crippen LogP contribution in [0.2, 0.25) is 0 Å². The summed E-state index contributed by atoms with van der Waals surface area (Å²) in [4.78, 5) is 0. The molecule has 3 atom stereocenters. The summed E-state index contributed by atoms with van der Waals surface area (Å²) in [6, 6.07) is 0. The standard InChI is InChI=1S/C11H20O4/c1-11(2,3)5-7-4-8(13)10(14)9(6-12)15-7/h4,8-10,12-14H,5-6H2,1-3H3/t8-,9-,10+/m1/s1. The fourth-order valence-corrected chi connectivity index (χ4v) is 1.58. The molecule has 1 heterocycles. The van der Waals surface area contributed by atoms with E-state index in [2.05, 4.69) is 20.8 Å². The first kappa shape index (κ1) is 12.5.